The third-order valence-corrected chi connectivity index (χ3v) is 6.86. The normalized spacial score (nSPS) is 17.2. The smallest absolute Gasteiger partial charge is 0.307 e. The van der Waals surface area contributed by atoms with Gasteiger partial charge in [0.1, 0.15) is 24.7 Å². The van der Waals surface area contributed by atoms with Crippen LogP contribution in [-0.4, -0.2) is 47.5 Å². The van der Waals surface area contributed by atoms with Crippen LogP contribution in [0, 0.1) is 19.7 Å². The number of carbonyl (C=O) groups excluding carboxylic acids is 3. The summed E-state index contributed by atoms with van der Waals surface area (Å²) < 4.78 is 14.5. The van der Waals surface area contributed by atoms with E-state index in [1.807, 2.05) is 34.6 Å². The number of nitrogens with zero attached hydrogens (tertiary/aromatic N) is 1. The molecular formula is C33H49FN4O5. The summed E-state index contributed by atoms with van der Waals surface area (Å²) in [5, 5.41) is 13.0. The Morgan fingerprint density at radius 2 is 1.74 bits per heavy atom. The third-order valence-electron chi connectivity index (χ3n) is 6.86. The molecule has 0 radical (unpaired) electrons. The summed E-state index contributed by atoms with van der Waals surface area (Å²) in [6, 6.07) is 1.33. The van der Waals surface area contributed by atoms with E-state index in [9.17, 15) is 18.8 Å². The molecule has 1 fully saturated rings. The fourth-order valence-corrected chi connectivity index (χ4v) is 4.82. The molecule has 4 rings (SSSR count). The number of halogens is 1. The van der Waals surface area contributed by atoms with E-state index in [1.165, 1.54) is 26.0 Å². The number of allylic oxidation sites excluding steroid dienone is 2. The first-order valence-electron chi connectivity index (χ1n) is 14.8. The molecule has 0 bridgehead atoms. The number of nitrogens with two attached hydrogens (primary N) is 2. The van der Waals surface area contributed by atoms with Gasteiger partial charge in [0.25, 0.3) is 0 Å². The zero-order valence-electron chi connectivity index (χ0n) is 26.8. The van der Waals surface area contributed by atoms with Crippen molar-refractivity contribution in [2.75, 3.05) is 6.54 Å². The van der Waals surface area contributed by atoms with E-state index in [0.717, 1.165) is 54.0 Å². The molecule has 1 aromatic carbocycles. The van der Waals surface area contributed by atoms with E-state index in [-0.39, 0.29) is 35.6 Å². The van der Waals surface area contributed by atoms with Gasteiger partial charge in [0.05, 0.1) is 29.4 Å². The number of benzene rings is 1. The zero-order chi connectivity index (χ0) is 33.3. The summed E-state index contributed by atoms with van der Waals surface area (Å²) in [4.78, 5) is 45.6. The Hall–Kier alpha value is -3.76. The Morgan fingerprint density at radius 3 is 2.21 bits per heavy atom. The number of rotatable bonds is 6. The second-order valence-corrected chi connectivity index (χ2v) is 9.57. The quantitative estimate of drug-likeness (QED) is 0.192. The minimum atomic E-state index is -1.08. The van der Waals surface area contributed by atoms with E-state index in [0.29, 0.717) is 41.5 Å². The highest BCUT2D eigenvalue weighted by atomic mass is 19.1. The largest absolute Gasteiger partial charge is 0.481 e. The van der Waals surface area contributed by atoms with Crippen molar-refractivity contribution in [2.45, 2.75) is 99.6 Å². The van der Waals surface area contributed by atoms with Gasteiger partial charge in [0.15, 0.2) is 0 Å². The summed E-state index contributed by atoms with van der Waals surface area (Å²) in [7, 11) is 0. The SMILES string of the molecule is C/C(C=O)=C(/C=C(\N)c1nc2cc(F)c(C)c3c2c(c1C)C(N)CC3)CC(=O)O.CC.CC.CC=O.O=CC1CCCN1. The molecule has 2 heterocycles. The molecule has 10 heteroatoms. The molecule has 0 amide bonds. The topological polar surface area (TPSA) is 165 Å². The molecule has 1 aromatic heterocycles. The molecule has 0 spiro atoms. The number of aldehydes is 3. The molecule has 0 saturated carbocycles. The molecule has 2 atom stereocenters. The minimum absolute atomic E-state index is 0.167. The maximum atomic E-state index is 14.5. The average molecular weight is 601 g/mol. The highest BCUT2D eigenvalue weighted by molar-refractivity contribution is 5.91. The summed E-state index contributed by atoms with van der Waals surface area (Å²) in [5.41, 5.74) is 17.5. The first-order chi connectivity index (χ1) is 20.5. The number of carboxylic acids is 1. The number of aliphatic carboxylic acids is 1. The van der Waals surface area contributed by atoms with E-state index in [2.05, 4.69) is 10.3 Å². The fourth-order valence-electron chi connectivity index (χ4n) is 4.82. The molecule has 1 saturated heterocycles. The lowest BCUT2D eigenvalue weighted by Crippen LogP contribution is -2.21. The van der Waals surface area contributed by atoms with E-state index >= 15 is 0 Å². The van der Waals surface area contributed by atoms with Gasteiger partial charge in [-0.1, -0.05) is 27.7 Å². The van der Waals surface area contributed by atoms with Crippen LogP contribution in [0.4, 0.5) is 4.39 Å². The lowest BCUT2D eigenvalue weighted by molar-refractivity contribution is -0.136. The van der Waals surface area contributed by atoms with E-state index < -0.39 is 5.97 Å². The van der Waals surface area contributed by atoms with Gasteiger partial charge in [-0.25, -0.2) is 9.37 Å². The molecule has 2 unspecified atom stereocenters. The number of carbonyl (C=O) groups is 4. The number of pyridine rings is 1. The minimum Gasteiger partial charge on any atom is -0.481 e. The summed E-state index contributed by atoms with van der Waals surface area (Å²) >= 11 is 0. The van der Waals surface area contributed by atoms with Crippen LogP contribution in [0.2, 0.25) is 0 Å². The molecule has 9 nitrogen and oxygen atoms in total. The Morgan fingerprint density at radius 1 is 1.14 bits per heavy atom. The molecule has 238 valence electrons. The lowest BCUT2D eigenvalue weighted by atomic mass is 9.82. The zero-order valence-corrected chi connectivity index (χ0v) is 26.8. The predicted molar refractivity (Wildman–Crippen MR) is 171 cm³/mol. The maximum Gasteiger partial charge on any atom is 0.307 e. The van der Waals surface area contributed by atoms with Crippen LogP contribution in [-0.2, 0) is 25.6 Å². The van der Waals surface area contributed by atoms with Crippen LogP contribution in [0.5, 0.6) is 0 Å². The maximum absolute atomic E-state index is 14.5. The number of hydrogen-bond donors (Lipinski definition) is 4. The van der Waals surface area contributed by atoms with Gasteiger partial charge in [-0.2, -0.15) is 0 Å². The number of nitrogens with one attached hydrogen (secondary N) is 1. The predicted octanol–water partition coefficient (Wildman–Crippen LogP) is 5.42. The first kappa shape index (κ1) is 39.2. The van der Waals surface area contributed by atoms with Crippen molar-refractivity contribution in [3.63, 3.8) is 0 Å². The van der Waals surface area contributed by atoms with Crippen LogP contribution in [0.15, 0.2) is 23.3 Å². The van der Waals surface area contributed by atoms with Crippen molar-refractivity contribution >= 4 is 41.4 Å². The van der Waals surface area contributed by atoms with Crippen molar-refractivity contribution in [1.29, 1.82) is 0 Å². The van der Waals surface area contributed by atoms with Crippen LogP contribution in [0.3, 0.4) is 0 Å². The second kappa shape index (κ2) is 20.2. The molecule has 43 heavy (non-hydrogen) atoms. The average Bonchev–Trinajstić information content (AvgIpc) is 3.53. The van der Waals surface area contributed by atoms with Gasteiger partial charge in [0.2, 0.25) is 0 Å². The Bertz CT molecular complexity index is 1310. The van der Waals surface area contributed by atoms with Crippen LogP contribution in [0.25, 0.3) is 16.6 Å². The second-order valence-electron chi connectivity index (χ2n) is 9.57. The highest BCUT2D eigenvalue weighted by Crippen LogP contribution is 2.39. The van der Waals surface area contributed by atoms with Gasteiger partial charge >= 0.3 is 5.97 Å². The lowest BCUT2D eigenvalue weighted by Gasteiger charge is -2.27. The molecule has 1 aliphatic heterocycles. The van der Waals surface area contributed by atoms with Crippen molar-refractivity contribution < 1.29 is 28.7 Å². The van der Waals surface area contributed by atoms with Crippen LogP contribution < -0.4 is 16.8 Å². The van der Waals surface area contributed by atoms with Crippen molar-refractivity contribution in [3.05, 3.63) is 57.1 Å². The third kappa shape index (κ3) is 10.8. The summed E-state index contributed by atoms with van der Waals surface area (Å²) in [6.07, 6.45) is 6.99. The Balaban J connectivity index is 0.00000105. The monoisotopic (exact) mass is 600 g/mol. The summed E-state index contributed by atoms with van der Waals surface area (Å²) in [5.74, 6) is -1.41. The van der Waals surface area contributed by atoms with Gasteiger partial charge in [0, 0.05) is 17.5 Å². The van der Waals surface area contributed by atoms with Crippen molar-refractivity contribution in [2.24, 2.45) is 11.5 Å². The summed E-state index contributed by atoms with van der Waals surface area (Å²) in [6.45, 7) is 15.6. The van der Waals surface area contributed by atoms with E-state index in [4.69, 9.17) is 21.4 Å². The van der Waals surface area contributed by atoms with Crippen molar-refractivity contribution in [3.8, 4) is 0 Å². The molecule has 6 N–H and O–H groups in total. The molecule has 2 aromatic rings. The number of aryl methyl sites for hydroxylation is 1. The Kier molecular flexibility index (Phi) is 18.4. The van der Waals surface area contributed by atoms with E-state index in [1.54, 1.807) is 6.92 Å². The van der Waals surface area contributed by atoms with Gasteiger partial charge < -0.3 is 31.5 Å². The van der Waals surface area contributed by atoms with Crippen LogP contribution >= 0.6 is 0 Å². The van der Waals surface area contributed by atoms with Crippen LogP contribution in [0.1, 0.15) is 101 Å². The number of carboxylic acid groups (broad SMARTS) is 1. The van der Waals surface area contributed by atoms with Gasteiger partial charge in [-0.15, -0.1) is 0 Å². The standard InChI is InChI=1S/C22H24FN3O3.C5H9NO.C2H4O.2C2H6/c1-10(9-27)13(7-19(28)29)6-17(25)22-12(3)20-16(24)5-4-14-11(2)15(23)8-18(26-22)21(14)20;7-4-5-2-1-3-6-5;1-2-3;2*1-2/h6,8-9,16H,4-5,7,24-25H2,1-3H3,(H,28,29);4-6H,1-3H2;2H,1H3;2*1-2H3/b13-10+,17-6-;;;;. The number of hydrogen-bond acceptors (Lipinski definition) is 8. The van der Waals surface area contributed by atoms with Gasteiger partial charge in [-0.05, 0) is 99.4 Å². The number of aromatic nitrogens is 1. The Labute approximate surface area is 255 Å². The highest BCUT2D eigenvalue weighted by Gasteiger charge is 2.26. The first-order valence-corrected chi connectivity index (χ1v) is 14.8. The molecular weight excluding hydrogens is 551 g/mol. The van der Waals surface area contributed by atoms with Crippen molar-refractivity contribution in [1.82, 2.24) is 10.3 Å². The molecule has 2 aliphatic rings. The fraction of sp³-hybridized carbons (Fsp3) is 0.485. The van der Waals surface area contributed by atoms with Gasteiger partial charge in [-0.3, -0.25) is 9.59 Å². The molecule has 1 aliphatic carbocycles.